The van der Waals surface area contributed by atoms with Crippen LogP contribution in [0.4, 0.5) is 17.6 Å². The summed E-state index contributed by atoms with van der Waals surface area (Å²) in [5, 5.41) is 0. The molecule has 21 heavy (non-hydrogen) atoms. The Balaban J connectivity index is 2.41. The summed E-state index contributed by atoms with van der Waals surface area (Å²) in [7, 11) is 0. The van der Waals surface area contributed by atoms with Gasteiger partial charge < -0.3 is 5.73 Å². The fourth-order valence-corrected chi connectivity index (χ4v) is 2.11. The standard InChI is InChI=1S/C16H15F4N/c1-2-15(21)12-5-3-4-10(8-12)11-6-7-13(14(17)9-11)16(18,19)20/h3-9,15H,2,21H2,1H3. The van der Waals surface area contributed by atoms with Crippen LogP contribution >= 0.6 is 0 Å². The first kappa shape index (κ1) is 15.5. The van der Waals surface area contributed by atoms with Crippen molar-refractivity contribution in [2.24, 2.45) is 5.73 Å². The molecule has 1 atom stereocenters. The highest BCUT2D eigenvalue weighted by Crippen LogP contribution is 2.33. The first-order valence-corrected chi connectivity index (χ1v) is 6.55. The molecule has 1 unspecified atom stereocenters. The van der Waals surface area contributed by atoms with Gasteiger partial charge >= 0.3 is 6.18 Å². The third-order valence-corrected chi connectivity index (χ3v) is 3.36. The van der Waals surface area contributed by atoms with E-state index in [4.69, 9.17) is 5.73 Å². The van der Waals surface area contributed by atoms with Gasteiger partial charge in [-0.25, -0.2) is 4.39 Å². The van der Waals surface area contributed by atoms with Gasteiger partial charge in [0, 0.05) is 6.04 Å². The molecule has 2 rings (SSSR count). The van der Waals surface area contributed by atoms with Crippen LogP contribution in [0.25, 0.3) is 11.1 Å². The lowest BCUT2D eigenvalue weighted by Gasteiger charge is -2.12. The predicted octanol–water partition coefficient (Wildman–Crippen LogP) is 4.92. The predicted molar refractivity (Wildman–Crippen MR) is 74.1 cm³/mol. The minimum absolute atomic E-state index is 0.149. The van der Waals surface area contributed by atoms with E-state index < -0.39 is 17.6 Å². The Hall–Kier alpha value is -1.88. The van der Waals surface area contributed by atoms with Crippen molar-refractivity contribution in [2.45, 2.75) is 25.6 Å². The molecule has 112 valence electrons. The average molecular weight is 297 g/mol. The van der Waals surface area contributed by atoms with Gasteiger partial charge in [0.15, 0.2) is 0 Å². The quantitative estimate of drug-likeness (QED) is 0.799. The summed E-state index contributed by atoms with van der Waals surface area (Å²) < 4.78 is 51.2. The Morgan fingerprint density at radius 1 is 1.05 bits per heavy atom. The maximum atomic E-state index is 13.6. The molecule has 2 aromatic carbocycles. The molecule has 0 aromatic heterocycles. The lowest BCUT2D eigenvalue weighted by Crippen LogP contribution is -2.09. The second kappa shape index (κ2) is 5.85. The van der Waals surface area contributed by atoms with E-state index in [0.29, 0.717) is 11.1 Å². The van der Waals surface area contributed by atoms with Gasteiger partial charge in [0.25, 0.3) is 0 Å². The lowest BCUT2D eigenvalue weighted by atomic mass is 9.98. The Bertz CT molecular complexity index is 634. The maximum Gasteiger partial charge on any atom is 0.419 e. The molecule has 0 aliphatic carbocycles. The molecule has 2 N–H and O–H groups in total. The molecule has 1 nitrogen and oxygen atoms in total. The molecule has 0 fully saturated rings. The normalized spacial score (nSPS) is 13.2. The molecule has 0 aliphatic heterocycles. The Morgan fingerprint density at radius 3 is 2.29 bits per heavy atom. The van der Waals surface area contributed by atoms with Crippen LogP contribution in [0.2, 0.25) is 0 Å². The minimum Gasteiger partial charge on any atom is -0.324 e. The van der Waals surface area contributed by atoms with Gasteiger partial charge in [0.05, 0.1) is 5.56 Å². The molecule has 2 aromatic rings. The summed E-state index contributed by atoms with van der Waals surface area (Å²) >= 11 is 0. The van der Waals surface area contributed by atoms with Crippen LogP contribution in [-0.2, 0) is 6.18 Å². The zero-order valence-electron chi connectivity index (χ0n) is 11.4. The van der Waals surface area contributed by atoms with Crippen molar-refractivity contribution in [1.82, 2.24) is 0 Å². The van der Waals surface area contributed by atoms with Crippen molar-refractivity contribution in [1.29, 1.82) is 0 Å². The summed E-state index contributed by atoms with van der Waals surface area (Å²) in [5.74, 6) is -1.27. The Labute approximate surface area is 120 Å². The third kappa shape index (κ3) is 3.42. The number of nitrogens with two attached hydrogens (primary N) is 1. The number of hydrogen-bond acceptors (Lipinski definition) is 1. The molecule has 0 saturated carbocycles. The van der Waals surface area contributed by atoms with Crippen molar-refractivity contribution < 1.29 is 17.6 Å². The van der Waals surface area contributed by atoms with Crippen molar-refractivity contribution >= 4 is 0 Å². The fourth-order valence-electron chi connectivity index (χ4n) is 2.11. The van der Waals surface area contributed by atoms with Crippen molar-refractivity contribution in [3.63, 3.8) is 0 Å². The zero-order valence-corrected chi connectivity index (χ0v) is 11.4. The van der Waals surface area contributed by atoms with Gasteiger partial charge in [-0.2, -0.15) is 13.2 Å². The maximum absolute atomic E-state index is 13.6. The lowest BCUT2D eigenvalue weighted by molar-refractivity contribution is -0.139. The average Bonchev–Trinajstić information content (AvgIpc) is 2.45. The van der Waals surface area contributed by atoms with Crippen LogP contribution in [0.15, 0.2) is 42.5 Å². The summed E-state index contributed by atoms with van der Waals surface area (Å²) in [6.07, 6.45) is -3.94. The molecule has 0 saturated heterocycles. The smallest absolute Gasteiger partial charge is 0.324 e. The van der Waals surface area contributed by atoms with Gasteiger partial charge in [-0.15, -0.1) is 0 Å². The van der Waals surface area contributed by atoms with E-state index in [1.807, 2.05) is 13.0 Å². The number of alkyl halides is 3. The monoisotopic (exact) mass is 297 g/mol. The van der Waals surface area contributed by atoms with E-state index in [0.717, 1.165) is 24.1 Å². The van der Waals surface area contributed by atoms with Crippen LogP contribution in [0, 0.1) is 5.82 Å². The number of benzene rings is 2. The van der Waals surface area contributed by atoms with E-state index in [-0.39, 0.29) is 6.04 Å². The van der Waals surface area contributed by atoms with Crippen molar-refractivity contribution in [3.8, 4) is 11.1 Å². The minimum atomic E-state index is -4.69. The Morgan fingerprint density at radius 2 is 1.71 bits per heavy atom. The van der Waals surface area contributed by atoms with Gasteiger partial charge in [-0.1, -0.05) is 31.2 Å². The molecule has 5 heteroatoms. The van der Waals surface area contributed by atoms with Crippen LogP contribution in [0.5, 0.6) is 0 Å². The number of rotatable bonds is 3. The van der Waals surface area contributed by atoms with Gasteiger partial charge in [-0.05, 0) is 41.3 Å². The summed E-state index contributed by atoms with van der Waals surface area (Å²) in [6.45, 7) is 1.94. The van der Waals surface area contributed by atoms with E-state index >= 15 is 0 Å². The SMILES string of the molecule is CCC(N)c1cccc(-c2ccc(C(F)(F)F)c(F)c2)c1. The largest absolute Gasteiger partial charge is 0.419 e. The second-order valence-electron chi connectivity index (χ2n) is 4.83. The summed E-state index contributed by atoms with van der Waals surface area (Å²) in [5.41, 5.74) is 6.58. The van der Waals surface area contributed by atoms with Crippen molar-refractivity contribution in [3.05, 3.63) is 59.4 Å². The molecule has 0 radical (unpaired) electrons. The van der Waals surface area contributed by atoms with Crippen LogP contribution in [-0.4, -0.2) is 0 Å². The third-order valence-electron chi connectivity index (χ3n) is 3.36. The van der Waals surface area contributed by atoms with Crippen LogP contribution in [0.1, 0.15) is 30.5 Å². The summed E-state index contributed by atoms with van der Waals surface area (Å²) in [4.78, 5) is 0. The van der Waals surface area contributed by atoms with Crippen LogP contribution < -0.4 is 5.73 Å². The van der Waals surface area contributed by atoms with Crippen molar-refractivity contribution in [2.75, 3.05) is 0 Å². The highest BCUT2D eigenvalue weighted by atomic mass is 19.4. The fraction of sp³-hybridized carbons (Fsp3) is 0.250. The first-order chi connectivity index (χ1) is 9.82. The van der Waals surface area contributed by atoms with E-state index in [9.17, 15) is 17.6 Å². The zero-order chi connectivity index (χ0) is 15.6. The number of hydrogen-bond donors (Lipinski definition) is 1. The molecule has 0 spiro atoms. The molecular formula is C16H15F4N. The van der Waals surface area contributed by atoms with Gasteiger partial charge in [0.1, 0.15) is 5.82 Å². The topological polar surface area (TPSA) is 26.0 Å². The van der Waals surface area contributed by atoms with Gasteiger partial charge in [-0.3, -0.25) is 0 Å². The Kier molecular flexibility index (Phi) is 4.32. The van der Waals surface area contributed by atoms with E-state index in [1.54, 1.807) is 18.2 Å². The molecule has 0 aliphatic rings. The highest BCUT2D eigenvalue weighted by molar-refractivity contribution is 5.65. The summed E-state index contributed by atoms with van der Waals surface area (Å²) in [6, 6.07) is 9.88. The van der Waals surface area contributed by atoms with Gasteiger partial charge in [0.2, 0.25) is 0 Å². The molecule has 0 bridgehead atoms. The molecular weight excluding hydrogens is 282 g/mol. The second-order valence-corrected chi connectivity index (χ2v) is 4.83. The molecule has 0 heterocycles. The van der Waals surface area contributed by atoms with E-state index in [2.05, 4.69) is 0 Å². The van der Waals surface area contributed by atoms with Crippen LogP contribution in [0.3, 0.4) is 0 Å². The van der Waals surface area contributed by atoms with E-state index in [1.165, 1.54) is 6.07 Å². The first-order valence-electron chi connectivity index (χ1n) is 6.55. The number of halogens is 4. The highest BCUT2D eigenvalue weighted by Gasteiger charge is 2.33. The molecule has 0 amide bonds.